The maximum absolute atomic E-state index is 8.73. The van der Waals surface area contributed by atoms with Crippen molar-refractivity contribution in [2.45, 2.75) is 20.3 Å². The quantitative estimate of drug-likeness (QED) is 0.620. The Kier molecular flexibility index (Phi) is 3.34. The monoisotopic (exact) mass is 157 g/mol. The van der Waals surface area contributed by atoms with E-state index >= 15 is 0 Å². The molecule has 0 bridgehead atoms. The van der Waals surface area contributed by atoms with E-state index in [0.29, 0.717) is 12.5 Å². The molecule has 1 saturated carbocycles. The van der Waals surface area contributed by atoms with Crippen LogP contribution >= 0.6 is 0 Å². The number of aliphatic hydroxyl groups is 1. The second kappa shape index (κ2) is 4.07. The molecule has 1 aliphatic rings. The van der Waals surface area contributed by atoms with E-state index in [9.17, 15) is 0 Å². The van der Waals surface area contributed by atoms with Gasteiger partial charge >= 0.3 is 0 Å². The standard InChI is InChI=1S/C9H19NO/c1-7(6-11)4-10-5-9-3-8(9)2/h7-11H,3-6H2,1-2H3. The van der Waals surface area contributed by atoms with Crippen molar-refractivity contribution in [1.29, 1.82) is 0 Å². The summed E-state index contributed by atoms with van der Waals surface area (Å²) in [6, 6.07) is 0. The summed E-state index contributed by atoms with van der Waals surface area (Å²) < 4.78 is 0. The molecule has 11 heavy (non-hydrogen) atoms. The van der Waals surface area contributed by atoms with Crippen molar-refractivity contribution in [2.24, 2.45) is 17.8 Å². The zero-order chi connectivity index (χ0) is 8.27. The highest BCUT2D eigenvalue weighted by Gasteiger charge is 2.31. The molecule has 0 spiro atoms. The number of aliphatic hydroxyl groups excluding tert-OH is 1. The topological polar surface area (TPSA) is 32.3 Å². The minimum atomic E-state index is 0.299. The van der Waals surface area contributed by atoms with Crippen LogP contribution in [0.5, 0.6) is 0 Å². The molecular formula is C9H19NO. The number of rotatable bonds is 5. The van der Waals surface area contributed by atoms with E-state index in [0.717, 1.165) is 24.9 Å². The average Bonchev–Trinajstić information content (AvgIpc) is 2.66. The van der Waals surface area contributed by atoms with Crippen LogP contribution in [0.25, 0.3) is 0 Å². The van der Waals surface area contributed by atoms with E-state index in [1.807, 2.05) is 0 Å². The maximum atomic E-state index is 8.73. The van der Waals surface area contributed by atoms with Gasteiger partial charge in [0.15, 0.2) is 0 Å². The summed E-state index contributed by atoms with van der Waals surface area (Å²) in [5, 5.41) is 12.1. The van der Waals surface area contributed by atoms with Crippen LogP contribution in [-0.2, 0) is 0 Å². The largest absolute Gasteiger partial charge is 0.396 e. The van der Waals surface area contributed by atoms with Crippen LogP contribution in [0.15, 0.2) is 0 Å². The van der Waals surface area contributed by atoms with Crippen molar-refractivity contribution in [3.8, 4) is 0 Å². The molecular weight excluding hydrogens is 138 g/mol. The van der Waals surface area contributed by atoms with Crippen LogP contribution in [0.4, 0.5) is 0 Å². The first-order valence-corrected chi connectivity index (χ1v) is 4.55. The van der Waals surface area contributed by atoms with Crippen molar-refractivity contribution in [2.75, 3.05) is 19.7 Å². The zero-order valence-corrected chi connectivity index (χ0v) is 7.51. The second-order valence-electron chi connectivity index (χ2n) is 3.92. The van der Waals surface area contributed by atoms with Gasteiger partial charge in [-0.2, -0.15) is 0 Å². The predicted molar refractivity (Wildman–Crippen MR) is 46.4 cm³/mol. The minimum absolute atomic E-state index is 0.299. The third-order valence-corrected chi connectivity index (χ3v) is 2.49. The second-order valence-corrected chi connectivity index (χ2v) is 3.92. The van der Waals surface area contributed by atoms with Crippen LogP contribution in [0.3, 0.4) is 0 Å². The fourth-order valence-electron chi connectivity index (χ4n) is 1.26. The summed E-state index contributed by atoms with van der Waals surface area (Å²) >= 11 is 0. The fraction of sp³-hybridized carbons (Fsp3) is 1.00. The third-order valence-electron chi connectivity index (χ3n) is 2.49. The molecule has 0 aromatic rings. The van der Waals surface area contributed by atoms with Crippen LogP contribution < -0.4 is 5.32 Å². The Morgan fingerprint density at radius 3 is 2.73 bits per heavy atom. The molecule has 1 fully saturated rings. The van der Waals surface area contributed by atoms with Gasteiger partial charge in [-0.3, -0.25) is 0 Å². The molecule has 2 nitrogen and oxygen atoms in total. The van der Waals surface area contributed by atoms with Crippen LogP contribution in [0.2, 0.25) is 0 Å². The molecule has 0 saturated heterocycles. The number of hydrogen-bond acceptors (Lipinski definition) is 2. The van der Waals surface area contributed by atoms with E-state index in [2.05, 4.69) is 19.2 Å². The summed E-state index contributed by atoms with van der Waals surface area (Å²) in [7, 11) is 0. The van der Waals surface area contributed by atoms with E-state index in [4.69, 9.17) is 5.11 Å². The van der Waals surface area contributed by atoms with E-state index in [1.165, 1.54) is 6.42 Å². The Labute approximate surface area is 69.0 Å². The van der Waals surface area contributed by atoms with E-state index in [-0.39, 0.29) is 0 Å². The van der Waals surface area contributed by atoms with Crippen LogP contribution in [0, 0.1) is 17.8 Å². The molecule has 66 valence electrons. The summed E-state index contributed by atoms with van der Waals surface area (Å²) in [6.45, 7) is 6.75. The van der Waals surface area contributed by atoms with Gasteiger partial charge in [0.05, 0.1) is 0 Å². The summed E-state index contributed by atoms with van der Waals surface area (Å²) in [5.41, 5.74) is 0. The Balaban J connectivity index is 1.88. The Morgan fingerprint density at radius 1 is 1.64 bits per heavy atom. The van der Waals surface area contributed by atoms with Gasteiger partial charge < -0.3 is 10.4 Å². The molecule has 0 aromatic carbocycles. The molecule has 3 atom stereocenters. The molecule has 2 heteroatoms. The molecule has 2 N–H and O–H groups in total. The molecule has 0 radical (unpaired) electrons. The van der Waals surface area contributed by atoms with Crippen molar-refractivity contribution >= 4 is 0 Å². The summed E-state index contributed by atoms with van der Waals surface area (Å²) in [4.78, 5) is 0. The Morgan fingerprint density at radius 2 is 2.27 bits per heavy atom. The highest BCUT2D eigenvalue weighted by Crippen LogP contribution is 2.36. The van der Waals surface area contributed by atoms with Crippen LogP contribution in [-0.4, -0.2) is 24.8 Å². The predicted octanol–water partition coefficient (Wildman–Crippen LogP) is 0.860. The first kappa shape index (κ1) is 9.01. The average molecular weight is 157 g/mol. The first-order chi connectivity index (χ1) is 5.24. The summed E-state index contributed by atoms with van der Waals surface area (Å²) in [6.07, 6.45) is 1.39. The van der Waals surface area contributed by atoms with Gasteiger partial charge in [-0.05, 0) is 37.3 Å². The first-order valence-electron chi connectivity index (χ1n) is 4.55. The van der Waals surface area contributed by atoms with E-state index in [1.54, 1.807) is 0 Å². The van der Waals surface area contributed by atoms with E-state index < -0.39 is 0 Å². The van der Waals surface area contributed by atoms with Crippen molar-refractivity contribution < 1.29 is 5.11 Å². The lowest BCUT2D eigenvalue weighted by Gasteiger charge is -2.08. The number of nitrogens with one attached hydrogen (secondary N) is 1. The highest BCUT2D eigenvalue weighted by atomic mass is 16.3. The maximum Gasteiger partial charge on any atom is 0.0468 e. The SMILES string of the molecule is CC(CO)CNCC1CC1C. The molecule has 3 unspecified atom stereocenters. The van der Waals surface area contributed by atoms with Crippen molar-refractivity contribution in [3.63, 3.8) is 0 Å². The van der Waals surface area contributed by atoms with Gasteiger partial charge in [0.2, 0.25) is 0 Å². The Hall–Kier alpha value is -0.0800. The molecule has 0 amide bonds. The zero-order valence-electron chi connectivity index (χ0n) is 7.51. The molecule has 0 aromatic heterocycles. The normalized spacial score (nSPS) is 31.9. The lowest BCUT2D eigenvalue weighted by atomic mass is 10.2. The third kappa shape index (κ3) is 3.21. The van der Waals surface area contributed by atoms with Crippen LogP contribution in [0.1, 0.15) is 20.3 Å². The van der Waals surface area contributed by atoms with Gasteiger partial charge in [-0.1, -0.05) is 13.8 Å². The van der Waals surface area contributed by atoms with Crippen molar-refractivity contribution in [3.05, 3.63) is 0 Å². The molecule has 0 heterocycles. The van der Waals surface area contributed by atoms with Gasteiger partial charge in [0.1, 0.15) is 0 Å². The Bertz CT molecular complexity index is 112. The smallest absolute Gasteiger partial charge is 0.0468 e. The number of hydrogen-bond donors (Lipinski definition) is 2. The lowest BCUT2D eigenvalue weighted by molar-refractivity contribution is 0.233. The van der Waals surface area contributed by atoms with Crippen molar-refractivity contribution in [1.82, 2.24) is 5.32 Å². The van der Waals surface area contributed by atoms with Gasteiger partial charge in [0.25, 0.3) is 0 Å². The fourth-order valence-corrected chi connectivity index (χ4v) is 1.26. The highest BCUT2D eigenvalue weighted by molar-refractivity contribution is 4.83. The lowest BCUT2D eigenvalue weighted by Crippen LogP contribution is -2.25. The van der Waals surface area contributed by atoms with Gasteiger partial charge in [-0.25, -0.2) is 0 Å². The molecule has 1 aliphatic carbocycles. The summed E-state index contributed by atoms with van der Waals surface area (Å²) in [5.74, 6) is 2.26. The van der Waals surface area contributed by atoms with Gasteiger partial charge in [-0.15, -0.1) is 0 Å². The molecule has 0 aliphatic heterocycles. The van der Waals surface area contributed by atoms with Gasteiger partial charge in [0, 0.05) is 6.61 Å². The molecule has 1 rings (SSSR count). The minimum Gasteiger partial charge on any atom is -0.396 e.